The van der Waals surface area contributed by atoms with Gasteiger partial charge in [0.15, 0.2) is 0 Å². The summed E-state index contributed by atoms with van der Waals surface area (Å²) in [7, 11) is -0.814. The Kier molecular flexibility index (Phi) is 3.53. The molecular formula is C9H23NP+. The van der Waals surface area contributed by atoms with Gasteiger partial charge in [-0.25, -0.2) is 0 Å². The molecule has 0 aromatic carbocycles. The van der Waals surface area contributed by atoms with Gasteiger partial charge in [0.05, 0.1) is 27.4 Å². The molecule has 1 nitrogen and oxygen atoms in total. The summed E-state index contributed by atoms with van der Waals surface area (Å²) in [6.07, 6.45) is 0. The molecule has 0 aliphatic rings. The van der Waals surface area contributed by atoms with Crippen LogP contribution in [0, 0.1) is 0 Å². The van der Waals surface area contributed by atoms with Crippen LogP contribution in [0.1, 0.15) is 27.7 Å². The van der Waals surface area contributed by atoms with Crippen molar-refractivity contribution < 1.29 is 0 Å². The van der Waals surface area contributed by atoms with Gasteiger partial charge in [0.25, 0.3) is 0 Å². The maximum Gasteiger partial charge on any atom is 0.0747 e. The van der Waals surface area contributed by atoms with Crippen molar-refractivity contribution in [3.05, 3.63) is 0 Å². The molecule has 0 aromatic rings. The molecule has 0 unspecified atom stereocenters. The van der Waals surface area contributed by atoms with Gasteiger partial charge in [-0.05, 0) is 27.7 Å². The van der Waals surface area contributed by atoms with E-state index in [1.807, 2.05) is 0 Å². The Morgan fingerprint density at radius 3 is 1.45 bits per heavy atom. The van der Waals surface area contributed by atoms with E-state index in [2.05, 4.69) is 52.4 Å². The Balaban J connectivity index is 4.43. The Bertz CT molecular complexity index is 105. The zero-order valence-electron chi connectivity index (χ0n) is 9.10. The van der Waals surface area contributed by atoms with E-state index in [1.165, 1.54) is 6.54 Å². The first kappa shape index (κ1) is 11.4. The van der Waals surface area contributed by atoms with Crippen LogP contribution in [-0.4, -0.2) is 36.7 Å². The van der Waals surface area contributed by atoms with Crippen LogP contribution < -0.4 is 0 Å². The van der Waals surface area contributed by atoms with Gasteiger partial charge in [-0.2, -0.15) is 4.67 Å². The Morgan fingerprint density at radius 2 is 1.45 bits per heavy atom. The highest BCUT2D eigenvalue weighted by Crippen LogP contribution is 2.54. The molecule has 0 fully saturated rings. The van der Waals surface area contributed by atoms with Crippen molar-refractivity contribution in [2.24, 2.45) is 0 Å². The molecule has 68 valence electrons. The maximum absolute atomic E-state index is 2.61. The molecule has 2 heteroatoms. The average Bonchev–Trinajstić information content (AvgIpc) is 1.56. The largest absolute Gasteiger partial charge is 0.176 e. The second kappa shape index (κ2) is 3.41. The van der Waals surface area contributed by atoms with Gasteiger partial charge < -0.3 is 0 Å². The molecule has 11 heavy (non-hydrogen) atoms. The highest BCUT2D eigenvalue weighted by Gasteiger charge is 2.35. The Labute approximate surface area is 72.6 Å². The number of rotatable bonds is 2. The van der Waals surface area contributed by atoms with Crippen molar-refractivity contribution in [3.63, 3.8) is 0 Å². The van der Waals surface area contributed by atoms with Gasteiger partial charge in [0.2, 0.25) is 0 Å². The number of hydrogen-bond donors (Lipinski definition) is 0. The first-order chi connectivity index (χ1) is 4.69. The molecule has 0 aromatic heterocycles. The summed E-state index contributed by atoms with van der Waals surface area (Å²) in [5, 5.41) is 0. The molecule has 0 heterocycles. The summed E-state index contributed by atoms with van der Waals surface area (Å²) in [5.74, 6) is 0. The zero-order chi connectivity index (χ0) is 9.28. The third-order valence-electron chi connectivity index (χ3n) is 1.80. The first-order valence-corrected chi connectivity index (χ1v) is 7.37. The van der Waals surface area contributed by atoms with Crippen LogP contribution in [0.5, 0.6) is 0 Å². The quantitative estimate of drug-likeness (QED) is 0.585. The van der Waals surface area contributed by atoms with Crippen molar-refractivity contribution in [2.75, 3.05) is 26.5 Å². The van der Waals surface area contributed by atoms with Crippen molar-refractivity contribution in [1.82, 2.24) is 4.67 Å². The van der Waals surface area contributed by atoms with Crippen molar-refractivity contribution in [1.29, 1.82) is 0 Å². The third-order valence-corrected chi connectivity index (χ3v) is 4.13. The topological polar surface area (TPSA) is 3.24 Å². The van der Waals surface area contributed by atoms with Gasteiger partial charge in [-0.3, -0.25) is 0 Å². The van der Waals surface area contributed by atoms with Crippen LogP contribution in [0.2, 0.25) is 0 Å². The lowest BCUT2D eigenvalue weighted by Crippen LogP contribution is -2.39. The van der Waals surface area contributed by atoms with Gasteiger partial charge in [0.1, 0.15) is 0 Å². The molecule has 0 radical (unpaired) electrons. The van der Waals surface area contributed by atoms with E-state index < -0.39 is 7.41 Å². The van der Waals surface area contributed by atoms with Crippen LogP contribution in [0.15, 0.2) is 0 Å². The second-order valence-electron chi connectivity index (χ2n) is 4.83. The predicted octanol–water partition coefficient (Wildman–Crippen LogP) is 2.93. The molecule has 0 bridgehead atoms. The van der Waals surface area contributed by atoms with E-state index in [-0.39, 0.29) is 0 Å². The predicted molar refractivity (Wildman–Crippen MR) is 56.8 cm³/mol. The van der Waals surface area contributed by atoms with Crippen LogP contribution in [0.25, 0.3) is 0 Å². The molecule has 0 amide bonds. The van der Waals surface area contributed by atoms with Gasteiger partial charge in [0, 0.05) is 12.1 Å². The minimum atomic E-state index is -0.814. The summed E-state index contributed by atoms with van der Waals surface area (Å²) in [4.78, 5) is 0. The minimum absolute atomic E-state index is 0.334. The van der Waals surface area contributed by atoms with Gasteiger partial charge >= 0.3 is 0 Å². The summed E-state index contributed by atoms with van der Waals surface area (Å²) < 4.78 is 2.61. The van der Waals surface area contributed by atoms with Crippen molar-refractivity contribution in [3.8, 4) is 0 Å². The van der Waals surface area contributed by atoms with Crippen molar-refractivity contribution in [2.45, 2.75) is 33.2 Å². The molecule has 0 saturated heterocycles. The summed E-state index contributed by atoms with van der Waals surface area (Å²) in [6.45, 7) is 17.4. The molecular weight excluding hydrogens is 153 g/mol. The lowest BCUT2D eigenvalue weighted by molar-refractivity contribution is 0.271. The van der Waals surface area contributed by atoms with Crippen LogP contribution >= 0.6 is 7.41 Å². The minimum Gasteiger partial charge on any atom is -0.176 e. The number of hydrogen-bond acceptors (Lipinski definition) is 1. The monoisotopic (exact) mass is 176 g/mol. The van der Waals surface area contributed by atoms with Gasteiger partial charge in [-0.15, -0.1) is 0 Å². The van der Waals surface area contributed by atoms with Crippen LogP contribution in [0.4, 0.5) is 0 Å². The molecule has 0 aliphatic carbocycles. The number of nitrogens with zero attached hydrogens (tertiary/aromatic N) is 1. The summed E-state index contributed by atoms with van der Waals surface area (Å²) >= 11 is 0. The lowest BCUT2D eigenvalue weighted by atomic mass is 10.1. The van der Waals surface area contributed by atoms with Crippen LogP contribution in [0.3, 0.4) is 0 Å². The van der Waals surface area contributed by atoms with Gasteiger partial charge in [-0.1, -0.05) is 0 Å². The summed E-state index contributed by atoms with van der Waals surface area (Å²) in [6, 6.07) is 0. The highest BCUT2D eigenvalue weighted by molar-refractivity contribution is 7.71. The Hall–Kier alpha value is 0.390. The zero-order valence-corrected chi connectivity index (χ0v) is 10.00. The molecule has 0 spiro atoms. The fraction of sp³-hybridized carbons (Fsp3) is 1.00. The first-order valence-electron chi connectivity index (χ1n) is 4.29. The molecule has 0 aliphatic heterocycles. The van der Waals surface area contributed by atoms with E-state index in [0.717, 1.165) is 0 Å². The van der Waals surface area contributed by atoms with E-state index in [4.69, 9.17) is 0 Å². The van der Waals surface area contributed by atoms with Crippen LogP contribution in [-0.2, 0) is 0 Å². The third kappa shape index (κ3) is 3.53. The highest BCUT2D eigenvalue weighted by atomic mass is 31.2. The maximum atomic E-state index is 2.61. The van der Waals surface area contributed by atoms with E-state index in [1.54, 1.807) is 0 Å². The fourth-order valence-corrected chi connectivity index (χ4v) is 4.45. The standard InChI is InChI=1S/C9H23NP/c1-8-10(9(2,3)4)11(5,6)7/h8H2,1-7H3/q+1. The van der Waals surface area contributed by atoms with E-state index in [9.17, 15) is 0 Å². The average molecular weight is 176 g/mol. The molecule has 0 saturated carbocycles. The molecule has 0 N–H and O–H groups in total. The fourth-order valence-electron chi connectivity index (χ4n) is 1.80. The van der Waals surface area contributed by atoms with Crippen molar-refractivity contribution >= 4 is 7.41 Å². The SMILES string of the molecule is CCN(C(C)(C)C)[P+](C)(C)C. The Morgan fingerprint density at radius 1 is 1.09 bits per heavy atom. The molecule has 0 rings (SSSR count). The normalized spacial score (nSPS) is 14.2. The second-order valence-corrected chi connectivity index (χ2v) is 9.19. The van der Waals surface area contributed by atoms with E-state index in [0.29, 0.717) is 5.54 Å². The molecule has 0 atom stereocenters. The lowest BCUT2D eigenvalue weighted by Gasteiger charge is -2.38. The van der Waals surface area contributed by atoms with E-state index >= 15 is 0 Å². The smallest absolute Gasteiger partial charge is 0.0747 e. The summed E-state index contributed by atoms with van der Waals surface area (Å²) in [5.41, 5.74) is 0.334.